The molecule has 0 heterocycles. The molecule has 3 rings (SSSR count). The highest BCUT2D eigenvalue weighted by atomic mass is 16.6. The third-order valence-electron chi connectivity index (χ3n) is 4.62. The van der Waals surface area contributed by atoms with Crippen LogP contribution in [0.5, 0.6) is 0 Å². The van der Waals surface area contributed by atoms with Gasteiger partial charge >= 0.3 is 5.97 Å². The summed E-state index contributed by atoms with van der Waals surface area (Å²) in [7, 11) is 0. The van der Waals surface area contributed by atoms with E-state index < -0.39 is 11.0 Å². The van der Waals surface area contributed by atoms with Crippen molar-refractivity contribution in [2.24, 2.45) is 5.10 Å². The highest BCUT2D eigenvalue weighted by Crippen LogP contribution is 2.21. The lowest BCUT2D eigenvalue weighted by atomic mass is 9.96. The summed E-state index contributed by atoms with van der Waals surface area (Å²) in [4.78, 5) is 22.5. The summed E-state index contributed by atoms with van der Waals surface area (Å²) < 4.78 is 5.06. The molecule has 0 aliphatic rings. The molecule has 0 fully saturated rings. The van der Waals surface area contributed by atoms with E-state index in [9.17, 15) is 14.9 Å². The van der Waals surface area contributed by atoms with E-state index >= 15 is 0 Å². The molecule has 0 aliphatic heterocycles. The Morgan fingerprint density at radius 1 is 1.00 bits per heavy atom. The highest BCUT2D eigenvalue weighted by molar-refractivity contribution is 6.05. The summed E-state index contributed by atoms with van der Waals surface area (Å²) in [6.07, 6.45) is 0. The van der Waals surface area contributed by atoms with Crippen molar-refractivity contribution in [2.75, 3.05) is 18.6 Å². The SMILES string of the molecule is CCOC(=O)CNC(/C(=N\Nc1ccc([N+](=O)[O-])cc1)c1ccccc1)c1ccccc1. The van der Waals surface area contributed by atoms with Gasteiger partial charge in [-0.1, -0.05) is 60.7 Å². The summed E-state index contributed by atoms with van der Waals surface area (Å²) in [5.41, 5.74) is 6.01. The number of hydrogen-bond acceptors (Lipinski definition) is 7. The second-order valence-electron chi connectivity index (χ2n) is 6.81. The Kier molecular flexibility index (Phi) is 8.05. The van der Waals surface area contributed by atoms with Gasteiger partial charge in [-0.15, -0.1) is 0 Å². The summed E-state index contributed by atoms with van der Waals surface area (Å²) >= 11 is 0. The molecule has 3 aromatic rings. The van der Waals surface area contributed by atoms with Crippen LogP contribution in [-0.2, 0) is 9.53 Å². The molecule has 0 amide bonds. The zero-order valence-electron chi connectivity index (χ0n) is 17.6. The van der Waals surface area contributed by atoms with E-state index in [1.54, 1.807) is 19.1 Å². The third-order valence-corrected chi connectivity index (χ3v) is 4.62. The normalized spacial score (nSPS) is 12.1. The first kappa shape index (κ1) is 22.6. The fraction of sp³-hybridized carbons (Fsp3) is 0.167. The largest absolute Gasteiger partial charge is 0.465 e. The summed E-state index contributed by atoms with van der Waals surface area (Å²) in [5, 5.41) is 18.8. The number of anilines is 1. The minimum absolute atomic E-state index is 0.000998. The monoisotopic (exact) mass is 432 g/mol. The zero-order valence-corrected chi connectivity index (χ0v) is 17.6. The first-order valence-corrected chi connectivity index (χ1v) is 10.2. The Labute approximate surface area is 186 Å². The summed E-state index contributed by atoms with van der Waals surface area (Å²) in [6, 6.07) is 24.8. The number of nitro benzene ring substituents is 1. The van der Waals surface area contributed by atoms with Crippen LogP contribution < -0.4 is 10.7 Å². The van der Waals surface area contributed by atoms with Gasteiger partial charge in [0.2, 0.25) is 0 Å². The van der Waals surface area contributed by atoms with E-state index in [0.29, 0.717) is 18.0 Å². The predicted octanol–water partition coefficient (Wildman–Crippen LogP) is 4.31. The molecule has 0 spiro atoms. The van der Waals surface area contributed by atoms with Crippen LogP contribution in [0.1, 0.15) is 24.1 Å². The van der Waals surface area contributed by atoms with Gasteiger partial charge in [0, 0.05) is 12.1 Å². The molecular weight excluding hydrogens is 408 g/mol. The zero-order chi connectivity index (χ0) is 22.8. The average Bonchev–Trinajstić information content (AvgIpc) is 2.82. The number of nitro groups is 1. The minimum Gasteiger partial charge on any atom is -0.465 e. The highest BCUT2D eigenvalue weighted by Gasteiger charge is 2.21. The number of hydrogen-bond donors (Lipinski definition) is 2. The van der Waals surface area contributed by atoms with Crippen LogP contribution >= 0.6 is 0 Å². The van der Waals surface area contributed by atoms with Crippen molar-refractivity contribution in [1.82, 2.24) is 5.32 Å². The Morgan fingerprint density at radius 3 is 2.22 bits per heavy atom. The minimum atomic E-state index is -0.451. The van der Waals surface area contributed by atoms with Crippen molar-refractivity contribution < 1.29 is 14.5 Å². The number of esters is 1. The number of hydrazone groups is 1. The molecule has 3 aromatic carbocycles. The molecule has 1 atom stereocenters. The Balaban J connectivity index is 1.95. The maximum atomic E-state index is 12.0. The summed E-state index contributed by atoms with van der Waals surface area (Å²) in [5.74, 6) is -0.357. The van der Waals surface area contributed by atoms with Crippen molar-refractivity contribution in [3.63, 3.8) is 0 Å². The standard InChI is InChI=1S/C24H24N4O4/c1-2-32-22(29)17-25-23(18-9-5-3-6-10-18)24(19-11-7-4-8-12-19)27-26-20-13-15-21(16-14-20)28(30)31/h3-16,23,25-26H,2,17H2,1H3/b27-24-. The molecule has 0 saturated carbocycles. The van der Waals surface area contributed by atoms with Gasteiger partial charge in [0.25, 0.3) is 5.69 Å². The first-order chi connectivity index (χ1) is 15.6. The van der Waals surface area contributed by atoms with Crippen LogP contribution in [0.25, 0.3) is 0 Å². The second-order valence-corrected chi connectivity index (χ2v) is 6.81. The fourth-order valence-electron chi connectivity index (χ4n) is 3.10. The maximum absolute atomic E-state index is 12.0. The van der Waals surface area contributed by atoms with Crippen LogP contribution in [0.4, 0.5) is 11.4 Å². The van der Waals surface area contributed by atoms with Gasteiger partial charge in [-0.2, -0.15) is 5.10 Å². The van der Waals surface area contributed by atoms with Crippen molar-refractivity contribution >= 4 is 23.1 Å². The number of carbonyl (C=O) groups is 1. The lowest BCUT2D eigenvalue weighted by Gasteiger charge is -2.21. The number of carbonyl (C=O) groups excluding carboxylic acids is 1. The van der Waals surface area contributed by atoms with Gasteiger partial charge < -0.3 is 4.74 Å². The maximum Gasteiger partial charge on any atom is 0.319 e. The molecule has 0 bridgehead atoms. The number of benzene rings is 3. The van der Waals surface area contributed by atoms with Crippen molar-refractivity contribution in [1.29, 1.82) is 0 Å². The molecule has 0 aromatic heterocycles. The third kappa shape index (κ3) is 6.23. The van der Waals surface area contributed by atoms with Crippen molar-refractivity contribution in [2.45, 2.75) is 13.0 Å². The molecule has 0 radical (unpaired) electrons. The van der Waals surface area contributed by atoms with Gasteiger partial charge in [0.05, 0.1) is 35.5 Å². The van der Waals surface area contributed by atoms with Gasteiger partial charge in [-0.3, -0.25) is 25.7 Å². The topological polar surface area (TPSA) is 106 Å². The van der Waals surface area contributed by atoms with Gasteiger partial charge in [-0.05, 0) is 30.2 Å². The van der Waals surface area contributed by atoms with E-state index in [1.165, 1.54) is 12.1 Å². The van der Waals surface area contributed by atoms with E-state index in [0.717, 1.165) is 11.1 Å². The number of non-ortho nitro benzene ring substituents is 1. The molecule has 164 valence electrons. The van der Waals surface area contributed by atoms with Crippen LogP contribution in [-0.4, -0.2) is 29.8 Å². The second kappa shape index (κ2) is 11.4. The van der Waals surface area contributed by atoms with E-state index in [2.05, 4.69) is 15.8 Å². The molecule has 8 heteroatoms. The van der Waals surface area contributed by atoms with E-state index in [-0.39, 0.29) is 18.2 Å². The molecule has 32 heavy (non-hydrogen) atoms. The average molecular weight is 432 g/mol. The van der Waals surface area contributed by atoms with E-state index in [1.807, 2.05) is 60.7 Å². The number of nitrogens with zero attached hydrogens (tertiary/aromatic N) is 2. The summed E-state index contributed by atoms with van der Waals surface area (Å²) in [6.45, 7) is 2.08. The number of nitrogens with one attached hydrogen (secondary N) is 2. The van der Waals surface area contributed by atoms with Gasteiger partial charge in [0.15, 0.2) is 0 Å². The predicted molar refractivity (Wildman–Crippen MR) is 124 cm³/mol. The fourth-order valence-corrected chi connectivity index (χ4v) is 3.10. The van der Waals surface area contributed by atoms with Crippen molar-refractivity contribution in [3.05, 3.63) is 106 Å². The molecule has 1 unspecified atom stereocenters. The smallest absolute Gasteiger partial charge is 0.319 e. The molecule has 0 aliphatic carbocycles. The molecule has 8 nitrogen and oxygen atoms in total. The molecular formula is C24H24N4O4. The van der Waals surface area contributed by atoms with E-state index in [4.69, 9.17) is 4.74 Å². The Morgan fingerprint density at radius 2 is 1.62 bits per heavy atom. The van der Waals surface area contributed by atoms with Crippen molar-refractivity contribution in [3.8, 4) is 0 Å². The van der Waals surface area contributed by atoms with Crippen LogP contribution in [0, 0.1) is 10.1 Å². The Bertz CT molecular complexity index is 1050. The lowest BCUT2D eigenvalue weighted by molar-refractivity contribution is -0.384. The van der Waals surface area contributed by atoms with Crippen LogP contribution in [0.15, 0.2) is 90.0 Å². The van der Waals surface area contributed by atoms with Crippen LogP contribution in [0.2, 0.25) is 0 Å². The lowest BCUT2D eigenvalue weighted by Crippen LogP contribution is -2.34. The van der Waals surface area contributed by atoms with Gasteiger partial charge in [0.1, 0.15) is 0 Å². The Hall–Kier alpha value is -4.04. The van der Waals surface area contributed by atoms with Crippen LogP contribution in [0.3, 0.4) is 0 Å². The number of rotatable bonds is 10. The molecule has 2 N–H and O–H groups in total. The quantitative estimate of drug-likeness (QED) is 0.214. The molecule has 0 saturated heterocycles. The van der Waals surface area contributed by atoms with Gasteiger partial charge in [-0.25, -0.2) is 0 Å². The number of ether oxygens (including phenoxy) is 1. The first-order valence-electron chi connectivity index (χ1n) is 10.2.